The van der Waals surface area contributed by atoms with Gasteiger partial charge in [0, 0.05) is 122 Å². The molecule has 28 rings (SSSR count). The van der Waals surface area contributed by atoms with Gasteiger partial charge in [0.15, 0.2) is 0 Å². The number of fused-ring (bicyclic) bond motifs is 22. The second kappa shape index (κ2) is 33.2. The summed E-state index contributed by atoms with van der Waals surface area (Å²) in [7, 11) is 0. The fourth-order valence-electron chi connectivity index (χ4n) is 24.3. The van der Waals surface area contributed by atoms with Crippen molar-refractivity contribution in [2.75, 3.05) is 14.7 Å². The molecule has 0 radical (unpaired) electrons. The Bertz CT molecular complexity index is 9160. The summed E-state index contributed by atoms with van der Waals surface area (Å²) in [5.74, 6) is 0. The Hall–Kier alpha value is -17.3. The number of rotatable bonds is 13. The van der Waals surface area contributed by atoms with E-state index in [0.717, 1.165) is 45.5 Å². The van der Waals surface area contributed by atoms with Gasteiger partial charge >= 0.3 is 0 Å². The van der Waals surface area contributed by atoms with E-state index in [9.17, 15) is 0 Å². The lowest BCUT2D eigenvalue weighted by atomic mass is 9.82. The van der Waals surface area contributed by atoms with Crippen molar-refractivity contribution in [1.29, 1.82) is 0 Å². The molecule has 0 atom stereocenters. The van der Waals surface area contributed by atoms with Crippen molar-refractivity contribution in [3.63, 3.8) is 0 Å². The second-order valence-electron chi connectivity index (χ2n) is 40.7. The highest BCUT2D eigenvalue weighted by Crippen LogP contribution is 2.58. The zero-order valence-electron chi connectivity index (χ0n) is 80.9. The van der Waals surface area contributed by atoms with E-state index in [1.165, 1.54) is 199 Å². The quantitative estimate of drug-likeness (QED) is 0.115. The number of hydrogen-bond acceptors (Lipinski definition) is 3. The van der Waals surface area contributed by atoms with Gasteiger partial charge in [0.2, 0.25) is 0 Å². The molecule has 0 spiro atoms. The lowest BCUT2D eigenvalue weighted by molar-refractivity contribution is 0.660. The van der Waals surface area contributed by atoms with Gasteiger partial charge in [-0.15, -0.1) is 0 Å². The molecule has 0 amide bonds. The molecule has 0 aliphatic heterocycles. The normalized spacial score (nSPS) is 13.7. The highest BCUT2D eigenvalue weighted by atomic mass is 15.2. The van der Waals surface area contributed by atoms with Crippen molar-refractivity contribution in [3.8, 4) is 72.7 Å². The number of aromatic nitrogens is 3. The van der Waals surface area contributed by atoms with E-state index in [4.69, 9.17) is 0 Å². The standard InChI is InChI=1S/C48H38N2.C45H34N2.C43H32N2/c1-47(2)42-20-12-9-17-36(42)39-28-32(23-26-43(39)47)49(34-22-25-37-35-16-8-11-19-41(35)48(3,4)44(37)30-34)33-24-27-46-40(29-33)38-18-10-13-21-45(38)50(46)31-14-6-5-7-15-31;1-45(2)41-19-11-9-17-37(41)38-27-25-36(30-42(38)45)46(34-23-21-32(22-24-34)31-13-5-3-6-14-31)35-26-28-44-40(29-35)39-18-10-12-20-43(39)47(44)33-15-7-4-8-16-33;1-43(2)39-18-10-8-16-35(39)36-24-22-34(28-40(36)43)44(32-21-20-29-12-6-7-13-30(29)26-32)33-23-25-42-38(27-33)37-17-9-11-19-41(37)45(42)31-14-4-3-5-15-31/h5-30H,1-4H3;3-30H,1-2H3;3-28H,1-2H3. The molecule has 4 aliphatic carbocycles. The molecule has 3 heterocycles. The predicted octanol–water partition coefficient (Wildman–Crippen LogP) is 36.8. The Labute approximate surface area is 829 Å². The monoisotopic (exact) mass is 1820 g/mol. The second-order valence-corrected chi connectivity index (χ2v) is 40.7. The highest BCUT2D eigenvalue weighted by Gasteiger charge is 2.41. The molecule has 0 saturated carbocycles. The topological polar surface area (TPSA) is 24.5 Å². The lowest BCUT2D eigenvalue weighted by Crippen LogP contribution is -2.17. The van der Waals surface area contributed by atoms with Crippen molar-refractivity contribution in [3.05, 3.63) is 530 Å². The smallest absolute Gasteiger partial charge is 0.0542 e. The molecule has 24 aromatic rings. The molecule has 0 N–H and O–H groups in total. The first kappa shape index (κ1) is 85.1. The maximum Gasteiger partial charge on any atom is 0.0542 e. The van der Waals surface area contributed by atoms with Crippen LogP contribution in [0.3, 0.4) is 0 Å². The largest absolute Gasteiger partial charge is 0.310 e. The van der Waals surface area contributed by atoms with Crippen LogP contribution in [-0.4, -0.2) is 13.7 Å². The van der Waals surface area contributed by atoms with Gasteiger partial charge in [-0.3, -0.25) is 0 Å². The van der Waals surface area contributed by atoms with E-state index in [-0.39, 0.29) is 21.7 Å². The molecule has 0 bridgehead atoms. The van der Waals surface area contributed by atoms with Crippen molar-refractivity contribution < 1.29 is 0 Å². The maximum absolute atomic E-state index is 2.47. The van der Waals surface area contributed by atoms with Crippen molar-refractivity contribution in [1.82, 2.24) is 13.7 Å². The van der Waals surface area contributed by atoms with Crippen LogP contribution in [0.25, 0.3) is 149 Å². The lowest BCUT2D eigenvalue weighted by Gasteiger charge is -2.29. The van der Waals surface area contributed by atoms with Gasteiger partial charge in [-0.1, -0.05) is 359 Å². The minimum atomic E-state index is -0.0957. The van der Waals surface area contributed by atoms with Crippen molar-refractivity contribution >= 4 is 127 Å². The highest BCUT2D eigenvalue weighted by molar-refractivity contribution is 6.14. The van der Waals surface area contributed by atoms with Crippen LogP contribution >= 0.6 is 0 Å². The number of nitrogens with zero attached hydrogens (tertiary/aromatic N) is 6. The molecular weight excluding hydrogens is 1720 g/mol. The van der Waals surface area contributed by atoms with E-state index in [2.05, 4.69) is 569 Å². The summed E-state index contributed by atoms with van der Waals surface area (Å²) in [6.07, 6.45) is 0. The minimum absolute atomic E-state index is 0.0448. The number of benzene rings is 21. The number of para-hydroxylation sites is 6. The summed E-state index contributed by atoms with van der Waals surface area (Å²) in [5.41, 5.74) is 45.0. The van der Waals surface area contributed by atoms with E-state index in [1.807, 2.05) is 0 Å². The van der Waals surface area contributed by atoms with Crippen LogP contribution in [-0.2, 0) is 21.7 Å². The molecule has 6 heteroatoms. The van der Waals surface area contributed by atoms with E-state index < -0.39 is 0 Å². The Balaban J connectivity index is 0.000000109. The first-order valence-corrected chi connectivity index (χ1v) is 49.8. The van der Waals surface area contributed by atoms with Crippen LogP contribution in [0.1, 0.15) is 99.9 Å². The van der Waals surface area contributed by atoms with E-state index in [0.29, 0.717) is 0 Å². The predicted molar refractivity (Wildman–Crippen MR) is 600 cm³/mol. The molecule has 4 aliphatic rings. The van der Waals surface area contributed by atoms with Gasteiger partial charge in [0.05, 0.1) is 33.1 Å². The summed E-state index contributed by atoms with van der Waals surface area (Å²) >= 11 is 0. The van der Waals surface area contributed by atoms with Crippen LogP contribution in [0.5, 0.6) is 0 Å². The molecule has 0 fully saturated rings. The van der Waals surface area contributed by atoms with E-state index in [1.54, 1.807) is 0 Å². The van der Waals surface area contributed by atoms with Gasteiger partial charge < -0.3 is 28.4 Å². The summed E-state index contributed by atoms with van der Waals surface area (Å²) in [6, 6.07) is 178. The van der Waals surface area contributed by atoms with Gasteiger partial charge in [-0.2, -0.15) is 0 Å². The summed E-state index contributed by atoms with van der Waals surface area (Å²) in [6.45, 7) is 18.8. The molecule has 0 unspecified atom stereocenters. The van der Waals surface area contributed by atoms with Crippen LogP contribution in [0.2, 0.25) is 0 Å². The van der Waals surface area contributed by atoms with Gasteiger partial charge in [-0.05, 0) is 293 Å². The van der Waals surface area contributed by atoms with Crippen molar-refractivity contribution in [2.45, 2.75) is 77.0 Å². The van der Waals surface area contributed by atoms with Crippen LogP contribution in [0.4, 0.5) is 51.2 Å². The molecule has 142 heavy (non-hydrogen) atoms. The number of hydrogen-bond donors (Lipinski definition) is 0. The zero-order chi connectivity index (χ0) is 95.4. The fourth-order valence-corrected chi connectivity index (χ4v) is 24.3. The SMILES string of the molecule is CC1(C)c2ccccc2-c2cc(N(c3ccc4c(c3)C(C)(C)c3ccccc3-4)c3ccc4c(c3)c3ccccc3n4-c3ccccc3)ccc21.CC1(C)c2ccccc2-c2ccc(N(c3ccc(-c4ccccc4)cc3)c3ccc4c(c3)c3ccccc3n4-c3ccccc3)cc21.CC1(C)c2ccccc2-c2ccc(N(c3ccc4ccccc4c3)c3ccc4c(c3)c3ccccc3n4-c3ccccc3)cc21. The molecule has 678 valence electrons. The van der Waals surface area contributed by atoms with Crippen LogP contribution < -0.4 is 14.7 Å². The maximum atomic E-state index is 2.47. The summed E-state index contributed by atoms with van der Waals surface area (Å²) < 4.78 is 7.15. The van der Waals surface area contributed by atoms with Gasteiger partial charge in [-0.25, -0.2) is 0 Å². The minimum Gasteiger partial charge on any atom is -0.310 e. The third kappa shape index (κ3) is 13.7. The first-order valence-electron chi connectivity index (χ1n) is 49.8. The molecule has 6 nitrogen and oxygen atoms in total. The fraction of sp³-hybridized carbons (Fsp3) is 0.0882. The van der Waals surface area contributed by atoms with Gasteiger partial charge in [0.25, 0.3) is 0 Å². The average molecular weight is 1820 g/mol. The van der Waals surface area contributed by atoms with Gasteiger partial charge in [0.1, 0.15) is 0 Å². The molecule has 3 aromatic heterocycles. The Kier molecular flexibility index (Phi) is 19.9. The zero-order valence-corrected chi connectivity index (χ0v) is 80.9. The third-order valence-electron chi connectivity index (χ3n) is 31.3. The summed E-state index contributed by atoms with van der Waals surface area (Å²) in [5, 5.41) is 9.95. The Morgan fingerprint density at radius 3 is 0.789 bits per heavy atom. The Morgan fingerprint density at radius 2 is 0.394 bits per heavy atom. The summed E-state index contributed by atoms with van der Waals surface area (Å²) in [4.78, 5) is 7.32. The van der Waals surface area contributed by atoms with E-state index >= 15 is 0 Å². The first-order chi connectivity index (χ1) is 69.5. The van der Waals surface area contributed by atoms with Crippen molar-refractivity contribution in [2.24, 2.45) is 0 Å². The van der Waals surface area contributed by atoms with Crippen LogP contribution in [0.15, 0.2) is 485 Å². The van der Waals surface area contributed by atoms with Crippen LogP contribution in [0, 0.1) is 0 Å². The third-order valence-corrected chi connectivity index (χ3v) is 31.3. The molecular formula is C136H104N6. The number of anilines is 9. The molecule has 0 saturated heterocycles. The average Bonchev–Trinajstić information content (AvgIpc) is 1.56. The molecule has 21 aromatic carbocycles. The Morgan fingerprint density at radius 1 is 0.148 bits per heavy atom.